The standard InChI is InChI=1S/C17H21N5O/c18-17(23)14-4-1-3-13(11-14)12-22-9-6-15(7-10-22)20-16-5-2-8-19-21-16/h1-5,8,11,15H,6-7,9-10,12H2,(H2,18,23)(H,20,21). The van der Waals surface area contributed by atoms with Gasteiger partial charge in [-0.25, -0.2) is 0 Å². The predicted molar refractivity (Wildman–Crippen MR) is 88.9 cm³/mol. The Morgan fingerprint density at radius 3 is 2.78 bits per heavy atom. The highest BCUT2D eigenvalue weighted by molar-refractivity contribution is 5.92. The Balaban J connectivity index is 1.51. The quantitative estimate of drug-likeness (QED) is 0.877. The van der Waals surface area contributed by atoms with Gasteiger partial charge in [0, 0.05) is 37.4 Å². The van der Waals surface area contributed by atoms with Crippen molar-refractivity contribution in [3.63, 3.8) is 0 Å². The van der Waals surface area contributed by atoms with Gasteiger partial charge < -0.3 is 11.1 Å². The molecule has 3 N–H and O–H groups in total. The summed E-state index contributed by atoms with van der Waals surface area (Å²) in [5, 5.41) is 11.4. The number of carbonyl (C=O) groups excluding carboxylic acids is 1. The van der Waals surface area contributed by atoms with Gasteiger partial charge in [-0.1, -0.05) is 12.1 Å². The average molecular weight is 311 g/mol. The van der Waals surface area contributed by atoms with E-state index < -0.39 is 0 Å². The van der Waals surface area contributed by atoms with Gasteiger partial charge in [0.1, 0.15) is 5.82 Å². The van der Waals surface area contributed by atoms with E-state index >= 15 is 0 Å². The summed E-state index contributed by atoms with van der Waals surface area (Å²) in [6, 6.07) is 11.8. The van der Waals surface area contributed by atoms with E-state index in [0.717, 1.165) is 43.9 Å². The highest BCUT2D eigenvalue weighted by Gasteiger charge is 2.19. The van der Waals surface area contributed by atoms with Crippen LogP contribution < -0.4 is 11.1 Å². The summed E-state index contributed by atoms with van der Waals surface area (Å²) in [6.07, 6.45) is 3.80. The molecule has 1 aromatic carbocycles. The zero-order chi connectivity index (χ0) is 16.1. The van der Waals surface area contributed by atoms with Crippen LogP contribution in [-0.4, -0.2) is 40.1 Å². The molecule has 2 aromatic rings. The lowest BCUT2D eigenvalue weighted by Gasteiger charge is -2.32. The number of piperidine rings is 1. The number of carbonyl (C=O) groups is 1. The molecule has 0 aliphatic carbocycles. The van der Waals surface area contributed by atoms with Gasteiger partial charge in [0.25, 0.3) is 0 Å². The van der Waals surface area contributed by atoms with E-state index in [0.29, 0.717) is 11.6 Å². The van der Waals surface area contributed by atoms with E-state index in [1.165, 1.54) is 0 Å². The second-order valence-electron chi connectivity index (χ2n) is 5.87. The molecule has 0 unspecified atom stereocenters. The van der Waals surface area contributed by atoms with E-state index in [1.807, 2.05) is 30.3 Å². The second kappa shape index (κ2) is 7.19. The van der Waals surface area contributed by atoms with Crippen molar-refractivity contribution in [2.75, 3.05) is 18.4 Å². The SMILES string of the molecule is NC(=O)c1cccc(CN2CCC(Nc3cccnn3)CC2)c1. The van der Waals surface area contributed by atoms with Crippen LogP contribution in [-0.2, 0) is 6.54 Å². The minimum atomic E-state index is -0.376. The Morgan fingerprint density at radius 2 is 2.09 bits per heavy atom. The Labute approximate surface area is 135 Å². The number of nitrogens with one attached hydrogen (secondary N) is 1. The summed E-state index contributed by atoms with van der Waals surface area (Å²) in [6.45, 7) is 2.87. The first-order valence-electron chi connectivity index (χ1n) is 7.86. The molecule has 0 atom stereocenters. The minimum Gasteiger partial charge on any atom is -0.366 e. The second-order valence-corrected chi connectivity index (χ2v) is 5.87. The maximum Gasteiger partial charge on any atom is 0.248 e. The van der Waals surface area contributed by atoms with Crippen LogP contribution in [0.2, 0.25) is 0 Å². The van der Waals surface area contributed by atoms with Crippen molar-refractivity contribution >= 4 is 11.7 Å². The van der Waals surface area contributed by atoms with Crippen molar-refractivity contribution in [3.05, 3.63) is 53.7 Å². The number of likely N-dealkylation sites (tertiary alicyclic amines) is 1. The fourth-order valence-corrected chi connectivity index (χ4v) is 2.90. The minimum absolute atomic E-state index is 0.376. The number of aromatic nitrogens is 2. The number of amides is 1. The van der Waals surface area contributed by atoms with Crippen LogP contribution in [0, 0.1) is 0 Å². The molecule has 1 aromatic heterocycles. The van der Waals surface area contributed by atoms with Crippen molar-refractivity contribution in [1.29, 1.82) is 0 Å². The molecule has 1 saturated heterocycles. The van der Waals surface area contributed by atoms with Gasteiger partial charge in [0.2, 0.25) is 5.91 Å². The molecule has 0 spiro atoms. The first-order valence-corrected chi connectivity index (χ1v) is 7.86. The molecule has 1 aliphatic heterocycles. The Morgan fingerprint density at radius 1 is 1.26 bits per heavy atom. The molecule has 0 saturated carbocycles. The number of anilines is 1. The summed E-state index contributed by atoms with van der Waals surface area (Å²) >= 11 is 0. The monoisotopic (exact) mass is 311 g/mol. The molecule has 1 aliphatic rings. The topological polar surface area (TPSA) is 84.1 Å². The third-order valence-corrected chi connectivity index (χ3v) is 4.13. The normalized spacial score (nSPS) is 16.2. The van der Waals surface area contributed by atoms with E-state index in [1.54, 1.807) is 12.3 Å². The summed E-state index contributed by atoms with van der Waals surface area (Å²) in [7, 11) is 0. The van der Waals surface area contributed by atoms with Crippen molar-refractivity contribution in [3.8, 4) is 0 Å². The zero-order valence-corrected chi connectivity index (χ0v) is 13.0. The van der Waals surface area contributed by atoms with Crippen LogP contribution in [0.4, 0.5) is 5.82 Å². The van der Waals surface area contributed by atoms with E-state index in [-0.39, 0.29) is 5.91 Å². The van der Waals surface area contributed by atoms with Gasteiger partial charge in [-0.05, 0) is 42.7 Å². The van der Waals surface area contributed by atoms with Gasteiger partial charge >= 0.3 is 0 Å². The molecule has 6 heteroatoms. The fraction of sp³-hybridized carbons (Fsp3) is 0.353. The molecule has 6 nitrogen and oxygen atoms in total. The third-order valence-electron chi connectivity index (χ3n) is 4.13. The van der Waals surface area contributed by atoms with Crippen LogP contribution >= 0.6 is 0 Å². The molecule has 2 heterocycles. The lowest BCUT2D eigenvalue weighted by Crippen LogP contribution is -2.38. The maximum absolute atomic E-state index is 11.3. The van der Waals surface area contributed by atoms with Gasteiger partial charge in [-0.3, -0.25) is 9.69 Å². The number of primary amides is 1. The van der Waals surface area contributed by atoms with Crippen molar-refractivity contribution in [2.24, 2.45) is 5.73 Å². The molecular weight excluding hydrogens is 290 g/mol. The largest absolute Gasteiger partial charge is 0.366 e. The molecule has 3 rings (SSSR count). The molecule has 1 amide bonds. The lowest BCUT2D eigenvalue weighted by atomic mass is 10.0. The summed E-state index contributed by atoms with van der Waals surface area (Å²) in [5.74, 6) is 0.457. The highest BCUT2D eigenvalue weighted by Crippen LogP contribution is 2.17. The number of hydrogen-bond donors (Lipinski definition) is 2. The van der Waals surface area contributed by atoms with Crippen molar-refractivity contribution in [2.45, 2.75) is 25.4 Å². The molecule has 0 bridgehead atoms. The van der Waals surface area contributed by atoms with Crippen LogP contribution in [0.1, 0.15) is 28.8 Å². The first-order chi connectivity index (χ1) is 11.2. The highest BCUT2D eigenvalue weighted by atomic mass is 16.1. The number of rotatable bonds is 5. The maximum atomic E-state index is 11.3. The fourth-order valence-electron chi connectivity index (χ4n) is 2.90. The van der Waals surface area contributed by atoms with Gasteiger partial charge in [0.15, 0.2) is 0 Å². The zero-order valence-electron chi connectivity index (χ0n) is 13.0. The van der Waals surface area contributed by atoms with Crippen LogP contribution in [0.25, 0.3) is 0 Å². The molecule has 1 fully saturated rings. The number of hydrogen-bond acceptors (Lipinski definition) is 5. The Bertz CT molecular complexity index is 653. The molecule has 120 valence electrons. The summed E-state index contributed by atoms with van der Waals surface area (Å²) in [4.78, 5) is 13.6. The average Bonchev–Trinajstić information content (AvgIpc) is 2.58. The van der Waals surface area contributed by atoms with Gasteiger partial charge in [0.05, 0.1) is 0 Å². The third kappa shape index (κ3) is 4.26. The number of nitrogens with zero attached hydrogens (tertiary/aromatic N) is 3. The van der Waals surface area contributed by atoms with Crippen LogP contribution in [0.5, 0.6) is 0 Å². The van der Waals surface area contributed by atoms with Crippen LogP contribution in [0.15, 0.2) is 42.6 Å². The summed E-state index contributed by atoms with van der Waals surface area (Å²) < 4.78 is 0. The van der Waals surface area contributed by atoms with E-state index in [2.05, 4.69) is 20.4 Å². The lowest BCUT2D eigenvalue weighted by molar-refractivity contribution is 0.1000. The predicted octanol–water partition coefficient (Wildman–Crippen LogP) is 1.65. The van der Waals surface area contributed by atoms with E-state index in [9.17, 15) is 4.79 Å². The smallest absolute Gasteiger partial charge is 0.248 e. The number of nitrogens with two attached hydrogens (primary N) is 1. The molecule has 0 radical (unpaired) electrons. The molecular formula is C17H21N5O. The van der Waals surface area contributed by atoms with Gasteiger partial charge in [-0.2, -0.15) is 5.10 Å². The molecule has 23 heavy (non-hydrogen) atoms. The van der Waals surface area contributed by atoms with E-state index in [4.69, 9.17) is 5.73 Å². The Hall–Kier alpha value is -2.47. The number of benzene rings is 1. The summed E-state index contributed by atoms with van der Waals surface area (Å²) in [5.41, 5.74) is 7.03. The Kier molecular flexibility index (Phi) is 4.83. The van der Waals surface area contributed by atoms with Crippen molar-refractivity contribution < 1.29 is 4.79 Å². The van der Waals surface area contributed by atoms with Crippen molar-refractivity contribution in [1.82, 2.24) is 15.1 Å². The van der Waals surface area contributed by atoms with Crippen LogP contribution in [0.3, 0.4) is 0 Å². The first kappa shape index (κ1) is 15.4. The van der Waals surface area contributed by atoms with Gasteiger partial charge in [-0.15, -0.1) is 5.10 Å².